The number of hydrogen-bond acceptors (Lipinski definition) is 4. The summed E-state index contributed by atoms with van der Waals surface area (Å²) < 4.78 is 27.1. The summed E-state index contributed by atoms with van der Waals surface area (Å²) in [5.74, 6) is -0.0570. The van der Waals surface area contributed by atoms with Gasteiger partial charge in [-0.15, -0.1) is 0 Å². The molecule has 1 aliphatic rings. The predicted octanol–water partition coefficient (Wildman–Crippen LogP) is 2.30. The SMILES string of the molecule is Cc1ccc(S(=O)(=O)NCCNC(=O)[C@H]2CCCN(Cc3ccccc3)C2)cc1. The highest BCUT2D eigenvalue weighted by Crippen LogP contribution is 2.18. The number of nitrogens with zero attached hydrogens (tertiary/aromatic N) is 1. The van der Waals surface area contributed by atoms with Gasteiger partial charge in [0, 0.05) is 26.2 Å². The summed E-state index contributed by atoms with van der Waals surface area (Å²) in [4.78, 5) is 15.1. The summed E-state index contributed by atoms with van der Waals surface area (Å²) in [7, 11) is -3.55. The van der Waals surface area contributed by atoms with Gasteiger partial charge in [0.15, 0.2) is 0 Å². The van der Waals surface area contributed by atoms with Crippen LogP contribution in [-0.2, 0) is 21.4 Å². The lowest BCUT2D eigenvalue weighted by Crippen LogP contribution is -2.44. The van der Waals surface area contributed by atoms with Crippen molar-refractivity contribution in [1.82, 2.24) is 14.9 Å². The quantitative estimate of drug-likeness (QED) is 0.649. The van der Waals surface area contributed by atoms with Crippen molar-refractivity contribution in [2.75, 3.05) is 26.2 Å². The molecule has 2 aromatic carbocycles. The highest BCUT2D eigenvalue weighted by molar-refractivity contribution is 7.89. The van der Waals surface area contributed by atoms with E-state index < -0.39 is 10.0 Å². The van der Waals surface area contributed by atoms with Crippen molar-refractivity contribution >= 4 is 15.9 Å². The molecule has 2 N–H and O–H groups in total. The molecule has 7 heteroatoms. The lowest BCUT2D eigenvalue weighted by atomic mass is 9.96. The number of hydrogen-bond donors (Lipinski definition) is 2. The van der Waals surface area contributed by atoms with Crippen LogP contribution in [-0.4, -0.2) is 45.4 Å². The number of rotatable bonds is 8. The molecule has 2 aromatic rings. The molecular weight excluding hydrogens is 386 g/mol. The fraction of sp³-hybridized carbons (Fsp3) is 0.409. The third-order valence-electron chi connectivity index (χ3n) is 5.17. The molecule has 29 heavy (non-hydrogen) atoms. The second kappa shape index (κ2) is 10.0. The summed E-state index contributed by atoms with van der Waals surface area (Å²) in [5, 5.41) is 2.88. The number of carbonyl (C=O) groups excluding carboxylic acids is 1. The minimum absolute atomic E-state index is 0.00250. The molecule has 0 radical (unpaired) electrons. The normalized spacial score (nSPS) is 17.8. The first-order chi connectivity index (χ1) is 13.9. The molecular formula is C22H29N3O3S. The zero-order chi connectivity index (χ0) is 20.7. The van der Waals surface area contributed by atoms with Crippen LogP contribution in [0.1, 0.15) is 24.0 Å². The first-order valence-electron chi connectivity index (χ1n) is 10.0. The molecule has 1 fully saturated rings. The van der Waals surface area contributed by atoms with Crippen molar-refractivity contribution in [3.8, 4) is 0 Å². The third kappa shape index (κ3) is 6.39. The molecule has 0 bridgehead atoms. The molecule has 6 nitrogen and oxygen atoms in total. The number of benzene rings is 2. The van der Waals surface area contributed by atoms with E-state index in [-0.39, 0.29) is 29.8 Å². The number of nitrogens with one attached hydrogen (secondary N) is 2. The Morgan fingerprint density at radius 3 is 2.52 bits per heavy atom. The minimum atomic E-state index is -3.55. The number of aryl methyl sites for hydroxylation is 1. The molecule has 3 rings (SSSR count). The van der Waals surface area contributed by atoms with Gasteiger partial charge in [-0.1, -0.05) is 48.0 Å². The van der Waals surface area contributed by atoms with Crippen molar-refractivity contribution in [2.45, 2.75) is 31.2 Å². The fourth-order valence-corrected chi connectivity index (χ4v) is 4.60. The maximum atomic E-state index is 12.5. The molecule has 0 aromatic heterocycles. The lowest BCUT2D eigenvalue weighted by Gasteiger charge is -2.32. The Bertz CT molecular complexity index is 899. The second-order valence-corrected chi connectivity index (χ2v) is 9.33. The summed E-state index contributed by atoms with van der Waals surface area (Å²) in [6.07, 6.45) is 1.86. The molecule has 1 aliphatic heterocycles. The summed E-state index contributed by atoms with van der Waals surface area (Å²) >= 11 is 0. The van der Waals surface area contributed by atoms with E-state index >= 15 is 0 Å². The largest absolute Gasteiger partial charge is 0.355 e. The minimum Gasteiger partial charge on any atom is -0.355 e. The van der Waals surface area contributed by atoms with Crippen LogP contribution in [0.5, 0.6) is 0 Å². The van der Waals surface area contributed by atoms with E-state index in [1.807, 2.05) is 25.1 Å². The van der Waals surface area contributed by atoms with Crippen LogP contribution in [0.2, 0.25) is 0 Å². The van der Waals surface area contributed by atoms with Crippen molar-refractivity contribution in [3.63, 3.8) is 0 Å². The third-order valence-corrected chi connectivity index (χ3v) is 6.65. The van der Waals surface area contributed by atoms with Crippen LogP contribution < -0.4 is 10.0 Å². The number of piperidine rings is 1. The zero-order valence-electron chi connectivity index (χ0n) is 16.8. The van der Waals surface area contributed by atoms with Gasteiger partial charge in [0.2, 0.25) is 15.9 Å². The highest BCUT2D eigenvalue weighted by atomic mass is 32.2. The van der Waals surface area contributed by atoms with Gasteiger partial charge in [-0.05, 0) is 44.0 Å². The number of sulfonamides is 1. The molecule has 156 valence electrons. The van der Waals surface area contributed by atoms with Crippen LogP contribution in [0.3, 0.4) is 0 Å². The van der Waals surface area contributed by atoms with Crippen LogP contribution in [0.15, 0.2) is 59.5 Å². The first-order valence-corrected chi connectivity index (χ1v) is 11.5. The molecule has 0 spiro atoms. The highest BCUT2D eigenvalue weighted by Gasteiger charge is 2.25. The van der Waals surface area contributed by atoms with E-state index in [1.54, 1.807) is 24.3 Å². The van der Waals surface area contributed by atoms with Gasteiger partial charge in [-0.25, -0.2) is 13.1 Å². The summed E-state index contributed by atoms with van der Waals surface area (Å²) in [6.45, 7) is 4.93. The predicted molar refractivity (Wildman–Crippen MR) is 114 cm³/mol. The Labute approximate surface area is 173 Å². The zero-order valence-corrected chi connectivity index (χ0v) is 17.6. The Morgan fingerprint density at radius 2 is 1.79 bits per heavy atom. The van der Waals surface area contributed by atoms with Gasteiger partial charge in [-0.2, -0.15) is 0 Å². The maximum absolute atomic E-state index is 12.5. The topological polar surface area (TPSA) is 78.5 Å². The summed E-state index contributed by atoms with van der Waals surface area (Å²) in [6, 6.07) is 17.0. The number of carbonyl (C=O) groups is 1. The van der Waals surface area contributed by atoms with Gasteiger partial charge in [0.1, 0.15) is 0 Å². The fourth-order valence-electron chi connectivity index (χ4n) is 3.57. The Balaban J connectivity index is 1.42. The molecule has 1 saturated heterocycles. The van der Waals surface area contributed by atoms with E-state index in [4.69, 9.17) is 0 Å². The van der Waals surface area contributed by atoms with E-state index in [0.717, 1.165) is 38.0 Å². The van der Waals surface area contributed by atoms with E-state index in [1.165, 1.54) is 5.56 Å². The first kappa shape index (κ1) is 21.5. The average molecular weight is 416 g/mol. The second-order valence-electron chi connectivity index (χ2n) is 7.56. The van der Waals surface area contributed by atoms with E-state index in [0.29, 0.717) is 0 Å². The van der Waals surface area contributed by atoms with Gasteiger partial charge in [-0.3, -0.25) is 9.69 Å². The standard InChI is InChI=1S/C22H29N3O3S/c1-18-9-11-21(12-10-18)29(27,28)24-14-13-23-22(26)20-8-5-15-25(17-20)16-19-6-3-2-4-7-19/h2-4,6-7,9-12,20,24H,5,8,13-17H2,1H3,(H,23,26)/t20-/m0/s1. The molecule has 0 aliphatic carbocycles. The molecule has 0 saturated carbocycles. The van der Waals surface area contributed by atoms with Gasteiger partial charge < -0.3 is 5.32 Å². The van der Waals surface area contributed by atoms with Crippen molar-refractivity contribution in [3.05, 3.63) is 65.7 Å². The number of amides is 1. The van der Waals surface area contributed by atoms with Gasteiger partial charge >= 0.3 is 0 Å². The Hall–Kier alpha value is -2.22. The average Bonchev–Trinajstić information content (AvgIpc) is 2.72. The Morgan fingerprint density at radius 1 is 1.07 bits per heavy atom. The van der Waals surface area contributed by atoms with Crippen LogP contribution in [0, 0.1) is 12.8 Å². The van der Waals surface area contributed by atoms with Crippen molar-refractivity contribution in [1.29, 1.82) is 0 Å². The van der Waals surface area contributed by atoms with Crippen LogP contribution in [0.25, 0.3) is 0 Å². The van der Waals surface area contributed by atoms with E-state index in [2.05, 4.69) is 27.1 Å². The van der Waals surface area contributed by atoms with Crippen LogP contribution >= 0.6 is 0 Å². The van der Waals surface area contributed by atoms with Crippen molar-refractivity contribution in [2.24, 2.45) is 5.92 Å². The lowest BCUT2D eigenvalue weighted by molar-refractivity contribution is -0.126. The number of likely N-dealkylation sites (tertiary alicyclic amines) is 1. The maximum Gasteiger partial charge on any atom is 0.240 e. The molecule has 1 atom stereocenters. The monoisotopic (exact) mass is 415 g/mol. The molecule has 1 amide bonds. The smallest absolute Gasteiger partial charge is 0.240 e. The Kier molecular flexibility index (Phi) is 7.41. The van der Waals surface area contributed by atoms with Gasteiger partial charge in [0.25, 0.3) is 0 Å². The van der Waals surface area contributed by atoms with Gasteiger partial charge in [0.05, 0.1) is 10.8 Å². The molecule has 0 unspecified atom stereocenters. The van der Waals surface area contributed by atoms with E-state index in [9.17, 15) is 13.2 Å². The van der Waals surface area contributed by atoms with Crippen LogP contribution in [0.4, 0.5) is 0 Å². The molecule has 1 heterocycles. The summed E-state index contributed by atoms with van der Waals surface area (Å²) in [5.41, 5.74) is 2.25. The van der Waals surface area contributed by atoms with Crippen molar-refractivity contribution < 1.29 is 13.2 Å².